The van der Waals surface area contributed by atoms with Gasteiger partial charge in [0.1, 0.15) is 5.82 Å². The van der Waals surface area contributed by atoms with E-state index in [2.05, 4.69) is 12.0 Å². The number of anilines is 1. The first-order valence-corrected chi connectivity index (χ1v) is 5.11. The van der Waals surface area contributed by atoms with Crippen molar-refractivity contribution in [2.75, 3.05) is 12.1 Å². The minimum Gasteiger partial charge on any atom is -0.278 e. The third-order valence-electron chi connectivity index (χ3n) is 2.05. The molecule has 86 valence electrons. The summed E-state index contributed by atoms with van der Waals surface area (Å²) < 4.78 is 12.8. The summed E-state index contributed by atoms with van der Waals surface area (Å²) >= 11 is 0. The first kappa shape index (κ1) is 12.5. The number of rotatable bonds is 4. The summed E-state index contributed by atoms with van der Waals surface area (Å²) in [4.78, 5) is 0. The van der Waals surface area contributed by atoms with Crippen molar-refractivity contribution in [3.05, 3.63) is 54.0 Å². The second kappa shape index (κ2) is 5.47. The lowest BCUT2D eigenvalue weighted by atomic mass is 10.2. The maximum atomic E-state index is 12.8. The van der Waals surface area contributed by atoms with Crippen LogP contribution in [-0.2, 0) is 0 Å². The Labute approximate surface area is 96.1 Å². The Bertz CT molecular complexity index is 389. The summed E-state index contributed by atoms with van der Waals surface area (Å²) in [5.74, 6) is -0.243. The van der Waals surface area contributed by atoms with E-state index in [0.717, 1.165) is 17.0 Å². The van der Waals surface area contributed by atoms with Crippen LogP contribution in [0.25, 0.3) is 0 Å². The molecule has 1 N–H and O–H groups in total. The molecule has 16 heavy (non-hydrogen) atoms. The van der Waals surface area contributed by atoms with Crippen LogP contribution in [0.15, 0.2) is 48.2 Å². The Morgan fingerprint density at radius 1 is 1.31 bits per heavy atom. The van der Waals surface area contributed by atoms with Crippen LogP contribution in [0.5, 0.6) is 0 Å². The van der Waals surface area contributed by atoms with Crippen LogP contribution in [0, 0.1) is 5.82 Å². The van der Waals surface area contributed by atoms with Crippen molar-refractivity contribution in [1.29, 1.82) is 0 Å². The predicted octanol–water partition coefficient (Wildman–Crippen LogP) is 3.25. The van der Waals surface area contributed by atoms with Gasteiger partial charge in [0.05, 0.1) is 11.4 Å². The number of hydrazine groups is 1. The van der Waals surface area contributed by atoms with Crippen LogP contribution < -0.4 is 10.4 Å². The van der Waals surface area contributed by atoms with Gasteiger partial charge in [-0.1, -0.05) is 12.2 Å². The highest BCUT2D eigenvalue weighted by Gasteiger charge is 2.06. The summed E-state index contributed by atoms with van der Waals surface area (Å²) in [5, 5.41) is 1.80. The van der Waals surface area contributed by atoms with E-state index >= 15 is 0 Å². The largest absolute Gasteiger partial charge is 0.278 e. The molecule has 0 amide bonds. The van der Waals surface area contributed by atoms with Gasteiger partial charge in [-0.15, -0.1) is 0 Å². The topological polar surface area (TPSA) is 15.3 Å². The van der Waals surface area contributed by atoms with Crippen molar-refractivity contribution in [3.8, 4) is 0 Å². The molecule has 0 aliphatic rings. The van der Waals surface area contributed by atoms with Crippen LogP contribution in [-0.4, -0.2) is 7.05 Å². The SMILES string of the molecule is C=C(C=C(C)C)N(NC)c1ccc(F)cc1. The molecule has 2 nitrogen and oxygen atoms in total. The smallest absolute Gasteiger partial charge is 0.123 e. The molecule has 0 aliphatic heterocycles. The number of halogens is 1. The highest BCUT2D eigenvalue weighted by molar-refractivity contribution is 5.52. The summed E-state index contributed by atoms with van der Waals surface area (Å²) in [6.07, 6.45) is 1.96. The van der Waals surface area contributed by atoms with Crippen molar-refractivity contribution in [3.63, 3.8) is 0 Å². The molecular weight excluding hydrogens is 203 g/mol. The molecule has 0 atom stereocenters. The van der Waals surface area contributed by atoms with E-state index < -0.39 is 0 Å². The molecule has 0 saturated carbocycles. The minimum absolute atomic E-state index is 0.243. The second-order valence-corrected chi connectivity index (χ2v) is 3.75. The number of hydrogen-bond donors (Lipinski definition) is 1. The fraction of sp³-hybridized carbons (Fsp3) is 0.231. The van der Waals surface area contributed by atoms with Crippen LogP contribution in [0.3, 0.4) is 0 Å². The molecule has 3 heteroatoms. The van der Waals surface area contributed by atoms with E-state index in [1.165, 1.54) is 12.1 Å². The quantitative estimate of drug-likeness (QED) is 0.619. The zero-order chi connectivity index (χ0) is 12.1. The van der Waals surface area contributed by atoms with E-state index in [0.29, 0.717) is 0 Å². The lowest BCUT2D eigenvalue weighted by molar-refractivity contribution is 0.627. The van der Waals surface area contributed by atoms with Crippen molar-refractivity contribution < 1.29 is 4.39 Å². The van der Waals surface area contributed by atoms with Gasteiger partial charge in [0.2, 0.25) is 0 Å². The molecule has 0 bridgehead atoms. The number of hydrogen-bond acceptors (Lipinski definition) is 2. The van der Waals surface area contributed by atoms with E-state index in [9.17, 15) is 4.39 Å². The van der Waals surface area contributed by atoms with Gasteiger partial charge in [-0.3, -0.25) is 5.01 Å². The molecule has 0 aromatic heterocycles. The van der Waals surface area contributed by atoms with Gasteiger partial charge in [0, 0.05) is 7.05 Å². The summed E-state index contributed by atoms with van der Waals surface area (Å²) in [6.45, 7) is 7.97. The molecule has 0 heterocycles. The molecule has 1 rings (SSSR count). The molecule has 0 saturated heterocycles. The number of nitrogens with zero attached hydrogens (tertiary/aromatic N) is 1. The Kier molecular flexibility index (Phi) is 4.26. The standard InChI is InChI=1S/C13H17FN2/c1-10(2)9-11(3)16(15-4)13-7-5-12(14)6-8-13/h5-9,15H,3H2,1-2,4H3. The molecular formula is C13H17FN2. The Balaban J connectivity index is 2.94. The maximum absolute atomic E-state index is 12.8. The molecule has 0 unspecified atom stereocenters. The van der Waals surface area contributed by atoms with Crippen molar-refractivity contribution >= 4 is 5.69 Å². The van der Waals surface area contributed by atoms with E-state index in [1.54, 1.807) is 24.2 Å². The highest BCUT2D eigenvalue weighted by Crippen LogP contribution is 2.17. The van der Waals surface area contributed by atoms with Crippen LogP contribution in [0.2, 0.25) is 0 Å². The van der Waals surface area contributed by atoms with Gasteiger partial charge in [-0.2, -0.15) is 0 Å². The third-order valence-corrected chi connectivity index (χ3v) is 2.05. The molecule has 0 spiro atoms. The fourth-order valence-corrected chi connectivity index (χ4v) is 1.43. The number of benzene rings is 1. The van der Waals surface area contributed by atoms with Gasteiger partial charge < -0.3 is 0 Å². The monoisotopic (exact) mass is 220 g/mol. The average molecular weight is 220 g/mol. The second-order valence-electron chi connectivity index (χ2n) is 3.75. The molecule has 0 aliphatic carbocycles. The summed E-state index contributed by atoms with van der Waals surface area (Å²) in [5.41, 5.74) is 5.84. The van der Waals surface area contributed by atoms with Crippen LogP contribution in [0.1, 0.15) is 13.8 Å². The molecule has 0 fully saturated rings. The van der Waals surface area contributed by atoms with Crippen molar-refractivity contribution in [1.82, 2.24) is 5.43 Å². The first-order valence-electron chi connectivity index (χ1n) is 5.11. The van der Waals surface area contributed by atoms with Gasteiger partial charge in [-0.05, 0) is 44.2 Å². The van der Waals surface area contributed by atoms with Crippen LogP contribution in [0.4, 0.5) is 10.1 Å². The number of nitrogens with one attached hydrogen (secondary N) is 1. The van der Waals surface area contributed by atoms with E-state index in [4.69, 9.17) is 0 Å². The zero-order valence-electron chi connectivity index (χ0n) is 9.92. The minimum atomic E-state index is -0.243. The lowest BCUT2D eigenvalue weighted by Gasteiger charge is -2.24. The van der Waals surface area contributed by atoms with Gasteiger partial charge in [0.15, 0.2) is 0 Å². The lowest BCUT2D eigenvalue weighted by Crippen LogP contribution is -2.33. The number of allylic oxidation sites excluding steroid dienone is 2. The van der Waals surface area contributed by atoms with Crippen molar-refractivity contribution in [2.24, 2.45) is 0 Å². The Morgan fingerprint density at radius 2 is 1.88 bits per heavy atom. The molecule has 1 aromatic rings. The third kappa shape index (κ3) is 3.21. The molecule has 0 radical (unpaired) electrons. The Hall–Kier alpha value is -1.61. The maximum Gasteiger partial charge on any atom is 0.123 e. The van der Waals surface area contributed by atoms with Gasteiger partial charge in [0.25, 0.3) is 0 Å². The first-order chi connectivity index (χ1) is 7.54. The fourth-order valence-electron chi connectivity index (χ4n) is 1.43. The van der Waals surface area contributed by atoms with Crippen LogP contribution >= 0.6 is 0 Å². The predicted molar refractivity (Wildman–Crippen MR) is 66.5 cm³/mol. The average Bonchev–Trinajstić information content (AvgIpc) is 2.21. The zero-order valence-corrected chi connectivity index (χ0v) is 9.92. The Morgan fingerprint density at radius 3 is 2.31 bits per heavy atom. The van der Waals surface area contributed by atoms with E-state index in [1.807, 2.05) is 19.9 Å². The summed E-state index contributed by atoms with van der Waals surface area (Å²) in [6, 6.07) is 6.26. The highest BCUT2D eigenvalue weighted by atomic mass is 19.1. The van der Waals surface area contributed by atoms with Crippen molar-refractivity contribution in [2.45, 2.75) is 13.8 Å². The van der Waals surface area contributed by atoms with Gasteiger partial charge in [-0.25, -0.2) is 9.82 Å². The van der Waals surface area contributed by atoms with E-state index in [-0.39, 0.29) is 5.82 Å². The van der Waals surface area contributed by atoms with Gasteiger partial charge >= 0.3 is 0 Å². The normalized spacial score (nSPS) is 9.75. The molecule has 1 aromatic carbocycles. The summed E-state index contributed by atoms with van der Waals surface area (Å²) in [7, 11) is 1.80.